The average Bonchev–Trinajstić information content (AvgIpc) is 2.76. The summed E-state index contributed by atoms with van der Waals surface area (Å²) >= 11 is 0. The smallest absolute Gasteiger partial charge is 0.417 e. The summed E-state index contributed by atoms with van der Waals surface area (Å²) in [6.45, 7) is 6.63. The third-order valence-corrected chi connectivity index (χ3v) is 4.25. The van der Waals surface area contributed by atoms with Crippen molar-refractivity contribution < 1.29 is 24.2 Å². The fraction of sp³-hybridized carbons (Fsp3) is 0.474. The van der Waals surface area contributed by atoms with Crippen molar-refractivity contribution in [3.8, 4) is 6.07 Å². The summed E-state index contributed by atoms with van der Waals surface area (Å²) in [5, 5.41) is 18.1. The fourth-order valence-corrected chi connectivity index (χ4v) is 3.09. The molecule has 2 rings (SSSR count). The normalized spacial score (nSPS) is 22.8. The Morgan fingerprint density at radius 1 is 1.35 bits per heavy atom. The molecular formula is C19H22N2O5. The number of aliphatic carboxylic acids is 1. The standard InChI is InChI=1S/C19H22N2O5/c1-18(2,3)26-17(25)21-14(13-7-5-12(11-20)6-8-13)9-19(4,16(21)24)10-15(22)23/h5-8,14H,9-10H2,1-4H3,(H,22,23). The van der Waals surface area contributed by atoms with Crippen molar-refractivity contribution in [2.75, 3.05) is 0 Å². The Labute approximate surface area is 152 Å². The van der Waals surface area contributed by atoms with E-state index in [-0.39, 0.29) is 12.8 Å². The molecule has 0 aromatic heterocycles. The van der Waals surface area contributed by atoms with Gasteiger partial charge in [0.2, 0.25) is 5.91 Å². The second-order valence-corrected chi connectivity index (χ2v) is 7.74. The molecule has 0 spiro atoms. The lowest BCUT2D eigenvalue weighted by Crippen LogP contribution is -2.42. The molecule has 2 amide bonds. The number of hydrogen-bond donors (Lipinski definition) is 1. The number of rotatable bonds is 3. The first-order valence-corrected chi connectivity index (χ1v) is 8.25. The number of carbonyl (C=O) groups excluding carboxylic acids is 2. The number of hydrogen-bond acceptors (Lipinski definition) is 5. The lowest BCUT2D eigenvalue weighted by molar-refractivity contribution is -0.145. The maximum absolute atomic E-state index is 12.9. The number of ether oxygens (including phenoxy) is 1. The van der Waals surface area contributed by atoms with Gasteiger partial charge in [-0.3, -0.25) is 9.59 Å². The van der Waals surface area contributed by atoms with Crippen molar-refractivity contribution in [2.45, 2.75) is 52.2 Å². The second kappa shape index (κ2) is 6.79. The van der Waals surface area contributed by atoms with Gasteiger partial charge in [-0.1, -0.05) is 19.1 Å². The second-order valence-electron chi connectivity index (χ2n) is 7.74. The molecule has 26 heavy (non-hydrogen) atoms. The van der Waals surface area contributed by atoms with E-state index in [9.17, 15) is 19.5 Å². The number of carboxylic acids is 1. The van der Waals surface area contributed by atoms with Gasteiger partial charge in [0, 0.05) is 0 Å². The van der Waals surface area contributed by atoms with Crippen molar-refractivity contribution in [1.29, 1.82) is 5.26 Å². The summed E-state index contributed by atoms with van der Waals surface area (Å²) < 4.78 is 5.35. The SMILES string of the molecule is CC(C)(C)OC(=O)N1C(=O)C(C)(CC(=O)O)CC1c1ccc(C#N)cc1. The molecule has 1 aliphatic rings. The molecule has 1 aromatic rings. The maximum atomic E-state index is 12.9. The van der Waals surface area contributed by atoms with Crippen molar-refractivity contribution >= 4 is 18.0 Å². The monoisotopic (exact) mass is 358 g/mol. The molecule has 1 aromatic carbocycles. The Morgan fingerprint density at radius 3 is 2.38 bits per heavy atom. The number of carbonyl (C=O) groups is 3. The maximum Gasteiger partial charge on any atom is 0.417 e. The molecule has 1 fully saturated rings. The topological polar surface area (TPSA) is 108 Å². The van der Waals surface area contributed by atoms with Crippen LogP contribution in [0.15, 0.2) is 24.3 Å². The van der Waals surface area contributed by atoms with Crippen LogP contribution in [0.2, 0.25) is 0 Å². The van der Waals surface area contributed by atoms with Crippen LogP contribution in [0.25, 0.3) is 0 Å². The summed E-state index contributed by atoms with van der Waals surface area (Å²) in [6, 6.07) is 7.90. The summed E-state index contributed by atoms with van der Waals surface area (Å²) in [7, 11) is 0. The van der Waals surface area contributed by atoms with E-state index in [2.05, 4.69) is 0 Å². The van der Waals surface area contributed by atoms with E-state index >= 15 is 0 Å². The van der Waals surface area contributed by atoms with Gasteiger partial charge in [0.05, 0.1) is 29.5 Å². The minimum absolute atomic E-state index is 0.170. The van der Waals surface area contributed by atoms with Gasteiger partial charge in [-0.05, 0) is 44.9 Å². The minimum Gasteiger partial charge on any atom is -0.481 e. The molecule has 0 saturated carbocycles. The van der Waals surface area contributed by atoms with E-state index in [0.717, 1.165) is 4.90 Å². The first-order chi connectivity index (χ1) is 12.0. The van der Waals surface area contributed by atoms with E-state index in [1.165, 1.54) is 0 Å². The van der Waals surface area contributed by atoms with Crippen LogP contribution in [-0.4, -0.2) is 33.6 Å². The Kier molecular flexibility index (Phi) is 5.08. The number of carboxylic acid groups (broad SMARTS) is 1. The minimum atomic E-state index is -1.21. The highest BCUT2D eigenvalue weighted by Crippen LogP contribution is 2.46. The molecule has 2 unspecified atom stereocenters. The van der Waals surface area contributed by atoms with Crippen molar-refractivity contribution in [3.63, 3.8) is 0 Å². The predicted molar refractivity (Wildman–Crippen MR) is 92.0 cm³/mol. The molecule has 0 radical (unpaired) electrons. The number of nitriles is 1. The Bertz CT molecular complexity index is 773. The van der Waals surface area contributed by atoms with Gasteiger partial charge in [0.1, 0.15) is 5.60 Å². The summed E-state index contributed by atoms with van der Waals surface area (Å²) in [5.41, 5.74) is -0.896. The van der Waals surface area contributed by atoms with Crippen LogP contribution in [0.4, 0.5) is 4.79 Å². The zero-order valence-electron chi connectivity index (χ0n) is 15.3. The number of amides is 2. The van der Waals surface area contributed by atoms with E-state index in [4.69, 9.17) is 10.00 Å². The van der Waals surface area contributed by atoms with Gasteiger partial charge in [-0.25, -0.2) is 9.69 Å². The molecule has 138 valence electrons. The van der Waals surface area contributed by atoms with Gasteiger partial charge in [-0.2, -0.15) is 5.26 Å². The van der Waals surface area contributed by atoms with Crippen LogP contribution >= 0.6 is 0 Å². The van der Waals surface area contributed by atoms with Crippen LogP contribution in [0.1, 0.15) is 57.7 Å². The highest BCUT2D eigenvalue weighted by Gasteiger charge is 2.53. The summed E-state index contributed by atoms with van der Waals surface area (Å²) in [4.78, 5) is 37.8. The summed E-state index contributed by atoms with van der Waals surface area (Å²) in [5.74, 6) is -1.67. The average molecular weight is 358 g/mol. The quantitative estimate of drug-likeness (QED) is 0.888. The zero-order chi connectivity index (χ0) is 19.7. The highest BCUT2D eigenvalue weighted by atomic mass is 16.6. The lowest BCUT2D eigenvalue weighted by atomic mass is 9.82. The third kappa shape index (κ3) is 4.02. The molecule has 7 nitrogen and oxygen atoms in total. The lowest BCUT2D eigenvalue weighted by Gasteiger charge is -2.27. The van der Waals surface area contributed by atoms with Crippen LogP contribution in [0.3, 0.4) is 0 Å². The van der Waals surface area contributed by atoms with Crippen LogP contribution < -0.4 is 0 Å². The molecule has 7 heteroatoms. The third-order valence-electron chi connectivity index (χ3n) is 4.25. The first-order valence-electron chi connectivity index (χ1n) is 8.25. The molecular weight excluding hydrogens is 336 g/mol. The van der Waals surface area contributed by atoms with Crippen molar-refractivity contribution in [2.24, 2.45) is 5.41 Å². The Hall–Kier alpha value is -2.88. The number of benzene rings is 1. The van der Waals surface area contributed by atoms with Crippen molar-refractivity contribution in [1.82, 2.24) is 4.90 Å². The van der Waals surface area contributed by atoms with Gasteiger partial charge in [-0.15, -0.1) is 0 Å². The number of imide groups is 1. The molecule has 0 aliphatic carbocycles. The molecule has 1 saturated heterocycles. The van der Waals surface area contributed by atoms with Crippen LogP contribution in [0.5, 0.6) is 0 Å². The molecule has 2 atom stereocenters. The first kappa shape index (κ1) is 19.4. The zero-order valence-corrected chi connectivity index (χ0v) is 15.3. The van der Waals surface area contributed by atoms with E-state index in [1.807, 2.05) is 6.07 Å². The molecule has 0 bridgehead atoms. The Balaban J connectivity index is 2.43. The predicted octanol–water partition coefficient (Wildman–Crippen LogP) is 3.25. The highest BCUT2D eigenvalue weighted by molar-refractivity contribution is 5.99. The van der Waals surface area contributed by atoms with E-state index in [1.54, 1.807) is 52.0 Å². The number of nitrogens with zero attached hydrogens (tertiary/aromatic N) is 2. The molecule has 1 aliphatic heterocycles. The largest absolute Gasteiger partial charge is 0.481 e. The van der Waals surface area contributed by atoms with E-state index < -0.39 is 35.0 Å². The van der Waals surface area contributed by atoms with Crippen LogP contribution in [-0.2, 0) is 14.3 Å². The fourth-order valence-electron chi connectivity index (χ4n) is 3.09. The van der Waals surface area contributed by atoms with E-state index in [0.29, 0.717) is 11.1 Å². The molecule has 1 heterocycles. The van der Waals surface area contributed by atoms with Gasteiger partial charge < -0.3 is 9.84 Å². The Morgan fingerprint density at radius 2 is 1.92 bits per heavy atom. The molecule has 1 N–H and O–H groups in total. The van der Waals surface area contributed by atoms with Crippen LogP contribution in [0, 0.1) is 16.7 Å². The van der Waals surface area contributed by atoms with Crippen molar-refractivity contribution in [3.05, 3.63) is 35.4 Å². The van der Waals surface area contributed by atoms with Gasteiger partial charge in [0.15, 0.2) is 0 Å². The van der Waals surface area contributed by atoms with Gasteiger partial charge >= 0.3 is 12.1 Å². The number of likely N-dealkylation sites (tertiary alicyclic amines) is 1. The van der Waals surface area contributed by atoms with Gasteiger partial charge in [0.25, 0.3) is 0 Å². The summed E-state index contributed by atoms with van der Waals surface area (Å²) in [6.07, 6.45) is -1.01.